The maximum absolute atomic E-state index is 9.49. The van der Waals surface area contributed by atoms with E-state index in [0.29, 0.717) is 16.6 Å². The molecule has 0 aromatic rings. The fourth-order valence-electron chi connectivity index (χ4n) is 2.62. The molecule has 0 unspecified atom stereocenters. The van der Waals surface area contributed by atoms with E-state index in [1.165, 1.54) is 30.8 Å². The van der Waals surface area contributed by atoms with E-state index < -0.39 is 0 Å². The Bertz CT molecular complexity index is 213. The molecule has 1 aliphatic carbocycles. The lowest BCUT2D eigenvalue weighted by molar-refractivity contribution is 0.110. The predicted octanol–water partition coefficient (Wildman–Crippen LogP) is 2.98. The van der Waals surface area contributed by atoms with Crippen molar-refractivity contribution in [3.63, 3.8) is 0 Å². The second kappa shape index (κ2) is 3.91. The van der Waals surface area contributed by atoms with Crippen molar-refractivity contribution in [3.05, 3.63) is 0 Å². The highest BCUT2D eigenvalue weighted by atomic mass is 32.2. The van der Waals surface area contributed by atoms with Gasteiger partial charge >= 0.3 is 0 Å². The third-order valence-electron chi connectivity index (χ3n) is 3.86. The van der Waals surface area contributed by atoms with E-state index in [9.17, 15) is 5.11 Å². The topological polar surface area (TPSA) is 20.2 Å². The maximum atomic E-state index is 9.49. The van der Waals surface area contributed by atoms with Gasteiger partial charge in [0.25, 0.3) is 0 Å². The van der Waals surface area contributed by atoms with E-state index in [0.717, 1.165) is 0 Å². The zero-order chi connectivity index (χ0) is 10.2. The Morgan fingerprint density at radius 2 is 2.00 bits per heavy atom. The lowest BCUT2D eigenvalue weighted by atomic mass is 9.82. The summed E-state index contributed by atoms with van der Waals surface area (Å²) in [5, 5.41) is 9.49. The van der Waals surface area contributed by atoms with Crippen LogP contribution in [0.5, 0.6) is 0 Å². The molecule has 1 aliphatic heterocycles. The molecular formula is C11H20OS2. The highest BCUT2D eigenvalue weighted by Gasteiger charge is 2.51. The summed E-state index contributed by atoms with van der Waals surface area (Å²) < 4.78 is 0.454. The third-order valence-corrected chi connectivity index (χ3v) is 7.23. The summed E-state index contributed by atoms with van der Waals surface area (Å²) in [6, 6.07) is 0. The second-order valence-electron chi connectivity index (χ2n) is 5.06. The Kier molecular flexibility index (Phi) is 3.12. The third kappa shape index (κ3) is 1.83. The molecule has 2 fully saturated rings. The lowest BCUT2D eigenvalue weighted by Gasteiger charge is -2.33. The van der Waals surface area contributed by atoms with E-state index in [1.807, 2.05) is 0 Å². The summed E-state index contributed by atoms with van der Waals surface area (Å²) in [5.41, 5.74) is 0.178. The minimum absolute atomic E-state index is 0.178. The zero-order valence-corrected chi connectivity index (χ0v) is 10.7. The predicted molar refractivity (Wildman–Crippen MR) is 65.9 cm³/mol. The molecule has 3 heteroatoms. The van der Waals surface area contributed by atoms with Crippen molar-refractivity contribution >= 4 is 23.5 Å². The molecule has 1 spiro atoms. The Labute approximate surface area is 95.4 Å². The average Bonchev–Trinajstić information content (AvgIpc) is 2.41. The second-order valence-corrected chi connectivity index (χ2v) is 8.27. The molecule has 0 aromatic carbocycles. The van der Waals surface area contributed by atoms with E-state index in [2.05, 4.69) is 37.4 Å². The number of aliphatic hydroxyl groups is 1. The van der Waals surface area contributed by atoms with Gasteiger partial charge in [-0.2, -0.15) is 0 Å². The van der Waals surface area contributed by atoms with Crippen molar-refractivity contribution in [2.75, 3.05) is 18.1 Å². The Morgan fingerprint density at radius 3 is 2.50 bits per heavy atom. The number of thioether (sulfide) groups is 2. The molecule has 82 valence electrons. The van der Waals surface area contributed by atoms with Crippen LogP contribution >= 0.6 is 23.5 Å². The molecule has 1 saturated carbocycles. The van der Waals surface area contributed by atoms with Crippen LogP contribution in [0, 0.1) is 11.3 Å². The summed E-state index contributed by atoms with van der Waals surface area (Å²) in [4.78, 5) is 0. The number of hydrogen-bond acceptors (Lipinski definition) is 3. The number of rotatable bonds is 1. The van der Waals surface area contributed by atoms with Crippen molar-refractivity contribution in [2.24, 2.45) is 11.3 Å². The molecule has 1 saturated heterocycles. The quantitative estimate of drug-likeness (QED) is 0.750. The molecule has 1 nitrogen and oxygen atoms in total. The molecule has 2 rings (SSSR count). The van der Waals surface area contributed by atoms with Crippen molar-refractivity contribution < 1.29 is 5.11 Å². The van der Waals surface area contributed by atoms with Gasteiger partial charge in [-0.15, -0.1) is 23.5 Å². The van der Waals surface area contributed by atoms with Crippen LogP contribution in [0.15, 0.2) is 0 Å². The fraction of sp³-hybridized carbons (Fsp3) is 1.00. The van der Waals surface area contributed by atoms with Gasteiger partial charge in [0.2, 0.25) is 0 Å². The Morgan fingerprint density at radius 1 is 1.36 bits per heavy atom. The number of hydrogen-bond donors (Lipinski definition) is 1. The molecule has 0 aromatic heterocycles. The van der Waals surface area contributed by atoms with Crippen molar-refractivity contribution in [1.29, 1.82) is 0 Å². The monoisotopic (exact) mass is 232 g/mol. The SMILES string of the molecule is C[C@H]1CC2(C[C@@]1(C)CO)SCCCS2. The molecule has 0 bridgehead atoms. The van der Waals surface area contributed by atoms with Gasteiger partial charge in [-0.25, -0.2) is 0 Å². The molecule has 14 heavy (non-hydrogen) atoms. The summed E-state index contributed by atoms with van der Waals surface area (Å²) in [5.74, 6) is 3.31. The highest BCUT2D eigenvalue weighted by molar-refractivity contribution is 8.18. The van der Waals surface area contributed by atoms with Gasteiger partial charge in [-0.3, -0.25) is 0 Å². The van der Waals surface area contributed by atoms with Crippen LogP contribution in [0.25, 0.3) is 0 Å². The normalized spacial score (nSPS) is 41.8. The summed E-state index contributed by atoms with van der Waals surface area (Å²) in [6.45, 7) is 4.92. The van der Waals surface area contributed by atoms with Crippen LogP contribution in [0.4, 0.5) is 0 Å². The largest absolute Gasteiger partial charge is 0.396 e. The van der Waals surface area contributed by atoms with E-state index >= 15 is 0 Å². The lowest BCUT2D eigenvalue weighted by Crippen LogP contribution is -2.27. The summed E-state index contributed by atoms with van der Waals surface area (Å²) in [7, 11) is 0. The zero-order valence-electron chi connectivity index (χ0n) is 9.08. The van der Waals surface area contributed by atoms with Crippen LogP contribution in [0.3, 0.4) is 0 Å². The summed E-state index contributed by atoms with van der Waals surface area (Å²) in [6.07, 6.45) is 3.85. The van der Waals surface area contributed by atoms with Crippen molar-refractivity contribution in [1.82, 2.24) is 0 Å². The van der Waals surface area contributed by atoms with Gasteiger partial charge in [-0.05, 0) is 42.1 Å². The minimum Gasteiger partial charge on any atom is -0.396 e. The first-order valence-corrected chi connectivity index (χ1v) is 7.46. The van der Waals surface area contributed by atoms with Gasteiger partial charge in [-0.1, -0.05) is 13.8 Å². The van der Waals surface area contributed by atoms with Crippen LogP contribution in [-0.2, 0) is 0 Å². The molecular weight excluding hydrogens is 212 g/mol. The fourth-order valence-corrected chi connectivity index (χ4v) is 6.56. The first kappa shape index (κ1) is 11.2. The summed E-state index contributed by atoms with van der Waals surface area (Å²) >= 11 is 4.29. The van der Waals surface area contributed by atoms with Gasteiger partial charge in [0.05, 0.1) is 4.08 Å². The molecule has 2 atom stereocenters. The van der Waals surface area contributed by atoms with Crippen LogP contribution in [0.2, 0.25) is 0 Å². The molecule has 0 amide bonds. The minimum atomic E-state index is 0.178. The van der Waals surface area contributed by atoms with Gasteiger partial charge in [0.15, 0.2) is 0 Å². The Hall–Kier alpha value is 0.660. The first-order chi connectivity index (χ1) is 6.60. The van der Waals surface area contributed by atoms with Gasteiger partial charge in [0, 0.05) is 6.61 Å². The van der Waals surface area contributed by atoms with E-state index in [-0.39, 0.29) is 5.41 Å². The molecule has 1 heterocycles. The van der Waals surface area contributed by atoms with E-state index in [4.69, 9.17) is 0 Å². The molecule has 2 aliphatic rings. The molecule has 1 N–H and O–H groups in total. The standard InChI is InChI=1S/C11H20OS2/c1-9-6-11(7-10(9,2)8-12)13-4-3-5-14-11/h9,12H,3-8H2,1-2H3/t9-,10-/m0/s1. The van der Waals surface area contributed by atoms with E-state index in [1.54, 1.807) is 0 Å². The van der Waals surface area contributed by atoms with Crippen LogP contribution in [-0.4, -0.2) is 27.3 Å². The first-order valence-electron chi connectivity index (χ1n) is 5.49. The van der Waals surface area contributed by atoms with Gasteiger partial charge in [0.1, 0.15) is 0 Å². The van der Waals surface area contributed by atoms with Crippen molar-refractivity contribution in [2.45, 2.75) is 37.2 Å². The van der Waals surface area contributed by atoms with Gasteiger partial charge < -0.3 is 5.11 Å². The van der Waals surface area contributed by atoms with Crippen molar-refractivity contribution in [3.8, 4) is 0 Å². The number of aliphatic hydroxyl groups excluding tert-OH is 1. The van der Waals surface area contributed by atoms with Crippen LogP contribution < -0.4 is 0 Å². The van der Waals surface area contributed by atoms with Crippen LogP contribution in [0.1, 0.15) is 33.1 Å². The smallest absolute Gasteiger partial charge is 0.0620 e. The average molecular weight is 232 g/mol. The highest BCUT2D eigenvalue weighted by Crippen LogP contribution is 2.60. The Balaban J connectivity index is 2.10. The molecule has 0 radical (unpaired) electrons. The maximum Gasteiger partial charge on any atom is 0.0620 e.